The maximum Gasteiger partial charge on any atom is 0.309 e. The molecular formula is C10H13NO3S. The second kappa shape index (κ2) is 6.31. The topological polar surface area (TPSA) is 59.4 Å². The fourth-order valence-electron chi connectivity index (χ4n) is 0.948. The summed E-state index contributed by atoms with van der Waals surface area (Å²) in [5.74, 6) is -0.243. The number of rotatable bonds is 5. The monoisotopic (exact) mass is 227 g/mol. The minimum Gasteiger partial charge on any atom is -0.466 e. The number of thiazole rings is 1. The third-order valence-electron chi connectivity index (χ3n) is 1.58. The van der Waals surface area contributed by atoms with Gasteiger partial charge in [0.15, 0.2) is 0 Å². The Bertz CT molecular complexity index is 346. The molecule has 1 rings (SSSR count). The number of nitrogens with zero attached hydrogens (tertiary/aromatic N) is 1. The van der Waals surface area contributed by atoms with Crippen LogP contribution in [0.3, 0.4) is 0 Å². The molecule has 82 valence electrons. The second-order valence-electron chi connectivity index (χ2n) is 2.75. The van der Waals surface area contributed by atoms with Gasteiger partial charge in [0.2, 0.25) is 0 Å². The molecule has 0 bridgehead atoms. The molecule has 0 fully saturated rings. The molecule has 0 aliphatic rings. The van der Waals surface area contributed by atoms with Crippen molar-refractivity contribution in [1.82, 2.24) is 4.98 Å². The Hall–Kier alpha value is -1.20. The SMILES string of the molecule is CCOC(=O)CC=Cc1nc(CO)cs1. The molecule has 0 saturated heterocycles. The van der Waals surface area contributed by atoms with Crippen molar-refractivity contribution >= 4 is 23.4 Å². The van der Waals surface area contributed by atoms with Crippen LogP contribution in [-0.4, -0.2) is 22.7 Å². The smallest absolute Gasteiger partial charge is 0.309 e. The summed E-state index contributed by atoms with van der Waals surface area (Å²) in [6, 6.07) is 0. The van der Waals surface area contributed by atoms with Gasteiger partial charge in [-0.1, -0.05) is 6.08 Å². The summed E-state index contributed by atoms with van der Waals surface area (Å²) in [7, 11) is 0. The average molecular weight is 227 g/mol. The molecule has 0 spiro atoms. The number of aromatic nitrogens is 1. The van der Waals surface area contributed by atoms with E-state index >= 15 is 0 Å². The summed E-state index contributed by atoms with van der Waals surface area (Å²) in [5.41, 5.74) is 0.649. The Morgan fingerprint density at radius 2 is 2.53 bits per heavy atom. The average Bonchev–Trinajstić information content (AvgIpc) is 2.66. The molecule has 15 heavy (non-hydrogen) atoms. The van der Waals surface area contributed by atoms with E-state index in [4.69, 9.17) is 9.84 Å². The highest BCUT2D eigenvalue weighted by Gasteiger charge is 1.99. The summed E-state index contributed by atoms with van der Waals surface area (Å²) in [6.45, 7) is 2.12. The van der Waals surface area contributed by atoms with Gasteiger partial charge in [0.25, 0.3) is 0 Å². The number of ether oxygens (including phenoxy) is 1. The van der Waals surface area contributed by atoms with Gasteiger partial charge in [-0.2, -0.15) is 0 Å². The zero-order chi connectivity index (χ0) is 11.1. The van der Waals surface area contributed by atoms with Crippen LogP contribution in [0.15, 0.2) is 11.5 Å². The third-order valence-corrected chi connectivity index (χ3v) is 2.44. The predicted molar refractivity (Wildman–Crippen MR) is 58.3 cm³/mol. The van der Waals surface area contributed by atoms with Gasteiger partial charge in [0.1, 0.15) is 5.01 Å². The number of esters is 1. The largest absolute Gasteiger partial charge is 0.466 e. The molecule has 0 aliphatic carbocycles. The Morgan fingerprint density at radius 1 is 1.73 bits per heavy atom. The minimum atomic E-state index is -0.243. The lowest BCUT2D eigenvalue weighted by Gasteiger charge is -1.95. The van der Waals surface area contributed by atoms with Crippen molar-refractivity contribution < 1.29 is 14.6 Å². The Kier molecular flexibility index (Phi) is 5.00. The predicted octanol–water partition coefficient (Wildman–Crippen LogP) is 1.60. The second-order valence-corrected chi connectivity index (χ2v) is 3.64. The standard InChI is InChI=1S/C10H13NO3S/c1-2-14-10(13)5-3-4-9-11-8(6-12)7-15-9/h3-4,7,12H,2,5-6H2,1H3. The number of carbonyl (C=O) groups excluding carboxylic acids is 1. The number of carbonyl (C=O) groups is 1. The van der Waals surface area contributed by atoms with Gasteiger partial charge < -0.3 is 9.84 Å². The van der Waals surface area contributed by atoms with Crippen LogP contribution in [-0.2, 0) is 16.1 Å². The summed E-state index contributed by atoms with van der Waals surface area (Å²) < 4.78 is 4.76. The molecule has 1 aromatic rings. The van der Waals surface area contributed by atoms with Gasteiger partial charge in [-0.25, -0.2) is 4.98 Å². The fraction of sp³-hybridized carbons (Fsp3) is 0.400. The van der Waals surface area contributed by atoms with E-state index in [0.29, 0.717) is 12.3 Å². The van der Waals surface area contributed by atoms with Gasteiger partial charge >= 0.3 is 5.97 Å². The van der Waals surface area contributed by atoms with E-state index in [1.807, 2.05) is 0 Å². The van der Waals surface area contributed by atoms with Crippen LogP contribution < -0.4 is 0 Å². The maximum absolute atomic E-state index is 11.0. The summed E-state index contributed by atoms with van der Waals surface area (Å²) in [6.07, 6.45) is 3.71. The molecule has 5 heteroatoms. The number of aliphatic hydroxyl groups excluding tert-OH is 1. The Labute approximate surface area is 92.2 Å². The van der Waals surface area contributed by atoms with Crippen LogP contribution in [0.1, 0.15) is 24.0 Å². The summed E-state index contributed by atoms with van der Waals surface area (Å²) in [4.78, 5) is 15.1. The van der Waals surface area contributed by atoms with Gasteiger partial charge in [0.05, 0.1) is 25.3 Å². The van der Waals surface area contributed by atoms with Gasteiger partial charge in [-0.3, -0.25) is 4.79 Å². The highest BCUT2D eigenvalue weighted by Crippen LogP contribution is 2.11. The molecule has 0 amide bonds. The molecule has 1 N–H and O–H groups in total. The normalized spacial score (nSPS) is 10.8. The van der Waals surface area contributed by atoms with Crippen LogP contribution in [0.2, 0.25) is 0 Å². The lowest BCUT2D eigenvalue weighted by Crippen LogP contribution is -2.01. The Morgan fingerprint density at radius 3 is 3.13 bits per heavy atom. The molecule has 0 unspecified atom stereocenters. The molecule has 0 atom stereocenters. The van der Waals surface area contributed by atoms with Crippen molar-refractivity contribution in [2.75, 3.05) is 6.61 Å². The van der Waals surface area contributed by atoms with Crippen LogP contribution in [0.5, 0.6) is 0 Å². The van der Waals surface area contributed by atoms with Gasteiger partial charge in [0, 0.05) is 5.38 Å². The highest BCUT2D eigenvalue weighted by atomic mass is 32.1. The first-order valence-electron chi connectivity index (χ1n) is 4.63. The van der Waals surface area contributed by atoms with Gasteiger partial charge in [-0.15, -0.1) is 11.3 Å². The molecule has 0 saturated carbocycles. The molecule has 0 aromatic carbocycles. The van der Waals surface area contributed by atoms with Crippen molar-refractivity contribution in [2.24, 2.45) is 0 Å². The maximum atomic E-state index is 11.0. The van der Waals surface area contributed by atoms with Crippen LogP contribution in [0.25, 0.3) is 6.08 Å². The lowest BCUT2D eigenvalue weighted by molar-refractivity contribution is -0.142. The van der Waals surface area contributed by atoms with Crippen molar-refractivity contribution in [3.05, 3.63) is 22.2 Å². The van der Waals surface area contributed by atoms with Gasteiger partial charge in [-0.05, 0) is 13.0 Å². The molecule has 0 aliphatic heterocycles. The van der Waals surface area contributed by atoms with Crippen LogP contribution in [0, 0.1) is 0 Å². The summed E-state index contributed by atoms with van der Waals surface area (Å²) in [5, 5.41) is 11.3. The van der Waals surface area contributed by atoms with E-state index in [2.05, 4.69) is 4.98 Å². The number of hydrogen-bond donors (Lipinski definition) is 1. The summed E-state index contributed by atoms with van der Waals surface area (Å²) >= 11 is 1.43. The molecule has 1 aromatic heterocycles. The lowest BCUT2D eigenvalue weighted by atomic mass is 10.4. The van der Waals surface area contributed by atoms with E-state index in [-0.39, 0.29) is 19.0 Å². The van der Waals surface area contributed by atoms with Crippen LogP contribution >= 0.6 is 11.3 Å². The molecule has 0 radical (unpaired) electrons. The van der Waals surface area contributed by atoms with Crippen molar-refractivity contribution in [2.45, 2.75) is 20.0 Å². The minimum absolute atomic E-state index is 0.0534. The number of aliphatic hydroxyl groups is 1. The zero-order valence-electron chi connectivity index (χ0n) is 8.47. The highest BCUT2D eigenvalue weighted by molar-refractivity contribution is 7.10. The van der Waals surface area contributed by atoms with E-state index in [9.17, 15) is 4.79 Å². The quantitative estimate of drug-likeness (QED) is 0.776. The van der Waals surface area contributed by atoms with Crippen molar-refractivity contribution in [3.63, 3.8) is 0 Å². The van der Waals surface area contributed by atoms with E-state index in [1.165, 1.54) is 11.3 Å². The van der Waals surface area contributed by atoms with Crippen molar-refractivity contribution in [3.8, 4) is 0 Å². The van der Waals surface area contributed by atoms with Crippen LogP contribution in [0.4, 0.5) is 0 Å². The first-order valence-corrected chi connectivity index (χ1v) is 5.51. The zero-order valence-corrected chi connectivity index (χ0v) is 9.29. The molecule has 4 nitrogen and oxygen atoms in total. The fourth-order valence-corrected chi connectivity index (χ4v) is 1.68. The van der Waals surface area contributed by atoms with Crippen molar-refractivity contribution in [1.29, 1.82) is 0 Å². The molecule has 1 heterocycles. The van der Waals surface area contributed by atoms with E-state index < -0.39 is 0 Å². The van der Waals surface area contributed by atoms with E-state index in [0.717, 1.165) is 5.01 Å². The first kappa shape index (κ1) is 11.9. The Balaban J connectivity index is 2.40. The first-order chi connectivity index (χ1) is 7.26. The molecular weight excluding hydrogens is 214 g/mol. The number of hydrogen-bond acceptors (Lipinski definition) is 5. The van der Waals surface area contributed by atoms with E-state index in [1.54, 1.807) is 24.5 Å². The third kappa shape index (κ3) is 4.22.